The molecular formula is C23H31F3N2O4. The minimum atomic E-state index is -5.13. The monoisotopic (exact) mass is 456 g/mol. The molecule has 2 N–H and O–H groups in total. The largest absolute Gasteiger partial charge is 0.471 e. The van der Waals surface area contributed by atoms with E-state index in [1.165, 1.54) is 0 Å². The molecule has 2 atom stereocenters. The average Bonchev–Trinajstić information content (AvgIpc) is 2.73. The van der Waals surface area contributed by atoms with Crippen LogP contribution in [0, 0.1) is 5.92 Å². The highest BCUT2D eigenvalue weighted by atomic mass is 19.4. The maximum absolute atomic E-state index is 12.9. The van der Waals surface area contributed by atoms with E-state index in [4.69, 9.17) is 4.74 Å². The van der Waals surface area contributed by atoms with Crippen LogP contribution in [0.15, 0.2) is 30.3 Å². The number of rotatable bonds is 9. The second-order valence-electron chi connectivity index (χ2n) is 8.60. The topological polar surface area (TPSA) is 84.5 Å². The second kappa shape index (κ2) is 11.9. The number of hydrogen-bond acceptors (Lipinski definition) is 4. The van der Waals surface area contributed by atoms with Crippen LogP contribution >= 0.6 is 0 Å². The molecule has 0 aromatic heterocycles. The van der Waals surface area contributed by atoms with Gasteiger partial charge in [0.25, 0.3) is 0 Å². The van der Waals surface area contributed by atoms with E-state index in [0.717, 1.165) is 32.1 Å². The number of benzene rings is 1. The number of nitrogens with one attached hydrogen (secondary N) is 2. The highest BCUT2D eigenvalue weighted by molar-refractivity contribution is 5.92. The van der Waals surface area contributed by atoms with Crippen LogP contribution in [0.3, 0.4) is 0 Å². The highest BCUT2D eigenvalue weighted by Crippen LogP contribution is 2.21. The van der Waals surface area contributed by atoms with Crippen LogP contribution in [0.4, 0.5) is 13.2 Å². The molecule has 6 nitrogen and oxygen atoms in total. The first-order chi connectivity index (χ1) is 15.1. The lowest BCUT2D eigenvalue weighted by Gasteiger charge is -2.27. The van der Waals surface area contributed by atoms with Crippen molar-refractivity contribution < 1.29 is 32.3 Å². The molecule has 1 aliphatic carbocycles. The standard InChI is InChI=1S/C23H31F3N2O4/c1-15(2)13-19(21(30)32-17-11-7-4-8-12-17)27-20(29)18(28-22(31)23(24,25)26)14-16-9-5-3-6-10-16/h3,5-6,9-10,15,17-19H,4,7-8,11-14H2,1-2H3,(H,27,29)(H,28,31)/t18-,19-/m0/s1. The van der Waals surface area contributed by atoms with Gasteiger partial charge in [-0.05, 0) is 43.6 Å². The minimum Gasteiger partial charge on any atom is -0.461 e. The van der Waals surface area contributed by atoms with Gasteiger partial charge in [0.1, 0.15) is 18.2 Å². The Kier molecular flexibility index (Phi) is 9.53. The lowest BCUT2D eigenvalue weighted by molar-refractivity contribution is -0.174. The van der Waals surface area contributed by atoms with Gasteiger partial charge in [0.05, 0.1) is 0 Å². The number of hydrogen-bond donors (Lipinski definition) is 2. The van der Waals surface area contributed by atoms with Gasteiger partial charge in [-0.3, -0.25) is 9.59 Å². The second-order valence-corrected chi connectivity index (χ2v) is 8.60. The van der Waals surface area contributed by atoms with Crippen LogP contribution in [0.1, 0.15) is 57.9 Å². The molecule has 178 valence electrons. The first-order valence-electron chi connectivity index (χ1n) is 11.0. The third-order valence-corrected chi connectivity index (χ3v) is 5.31. The number of alkyl halides is 3. The minimum absolute atomic E-state index is 0.0246. The smallest absolute Gasteiger partial charge is 0.461 e. The van der Waals surface area contributed by atoms with Crippen molar-refractivity contribution in [1.82, 2.24) is 10.6 Å². The molecule has 0 radical (unpaired) electrons. The predicted octanol–water partition coefficient (Wildman–Crippen LogP) is 3.68. The van der Waals surface area contributed by atoms with E-state index in [0.29, 0.717) is 5.56 Å². The van der Waals surface area contributed by atoms with Crippen LogP contribution in [0.5, 0.6) is 0 Å². The first-order valence-corrected chi connectivity index (χ1v) is 11.0. The summed E-state index contributed by atoms with van der Waals surface area (Å²) in [5.74, 6) is -3.65. The van der Waals surface area contributed by atoms with Crippen molar-refractivity contribution in [3.63, 3.8) is 0 Å². The van der Waals surface area contributed by atoms with E-state index < -0.39 is 36.0 Å². The predicted molar refractivity (Wildman–Crippen MR) is 112 cm³/mol. The molecule has 0 aliphatic heterocycles. The van der Waals surface area contributed by atoms with Gasteiger partial charge >= 0.3 is 18.1 Å². The summed E-state index contributed by atoms with van der Waals surface area (Å²) in [7, 11) is 0. The van der Waals surface area contributed by atoms with Crippen LogP contribution < -0.4 is 10.6 Å². The van der Waals surface area contributed by atoms with Gasteiger partial charge in [0.15, 0.2) is 0 Å². The fourth-order valence-electron chi connectivity index (χ4n) is 3.69. The Hall–Kier alpha value is -2.58. The average molecular weight is 457 g/mol. The third-order valence-electron chi connectivity index (χ3n) is 5.31. The van der Waals surface area contributed by atoms with Crippen molar-refractivity contribution in [3.8, 4) is 0 Å². The Morgan fingerprint density at radius 1 is 1.00 bits per heavy atom. The van der Waals surface area contributed by atoms with Gasteiger partial charge in [-0.25, -0.2) is 4.79 Å². The SMILES string of the molecule is CC(C)C[C@H](NC(=O)[C@H](Cc1ccccc1)NC(=O)C(F)(F)F)C(=O)OC1CCCCC1. The molecule has 1 aliphatic rings. The van der Waals surface area contributed by atoms with Crippen LogP contribution in [0.25, 0.3) is 0 Å². The van der Waals surface area contributed by atoms with Crippen molar-refractivity contribution in [3.05, 3.63) is 35.9 Å². The Morgan fingerprint density at radius 3 is 2.19 bits per heavy atom. The van der Waals surface area contributed by atoms with Gasteiger partial charge < -0.3 is 15.4 Å². The highest BCUT2D eigenvalue weighted by Gasteiger charge is 2.41. The van der Waals surface area contributed by atoms with Crippen molar-refractivity contribution in [1.29, 1.82) is 0 Å². The van der Waals surface area contributed by atoms with Crippen LogP contribution in [-0.4, -0.2) is 42.1 Å². The molecule has 1 fully saturated rings. The molecule has 1 aromatic carbocycles. The van der Waals surface area contributed by atoms with Crippen molar-refractivity contribution in [2.75, 3.05) is 0 Å². The zero-order chi connectivity index (χ0) is 23.7. The van der Waals surface area contributed by atoms with Crippen molar-refractivity contribution in [2.45, 2.75) is 83.2 Å². The molecule has 1 saturated carbocycles. The molecule has 0 spiro atoms. The summed E-state index contributed by atoms with van der Waals surface area (Å²) in [5.41, 5.74) is 0.570. The van der Waals surface area contributed by atoms with Gasteiger partial charge in [-0.15, -0.1) is 0 Å². The van der Waals surface area contributed by atoms with Crippen molar-refractivity contribution in [2.24, 2.45) is 5.92 Å². The van der Waals surface area contributed by atoms with E-state index >= 15 is 0 Å². The van der Waals surface area contributed by atoms with E-state index in [1.807, 2.05) is 13.8 Å². The molecule has 2 rings (SSSR count). The Bertz CT molecular complexity index is 762. The fraction of sp³-hybridized carbons (Fsp3) is 0.609. The quantitative estimate of drug-likeness (QED) is 0.555. The first kappa shape index (κ1) is 25.7. The van der Waals surface area contributed by atoms with E-state index in [9.17, 15) is 27.6 Å². The lowest BCUT2D eigenvalue weighted by atomic mass is 9.97. The third kappa shape index (κ3) is 8.51. The maximum Gasteiger partial charge on any atom is 0.471 e. The fourth-order valence-corrected chi connectivity index (χ4v) is 3.69. The van der Waals surface area contributed by atoms with Crippen LogP contribution in [0.2, 0.25) is 0 Å². The zero-order valence-electron chi connectivity index (χ0n) is 18.4. The van der Waals surface area contributed by atoms with Crippen molar-refractivity contribution >= 4 is 17.8 Å². The summed E-state index contributed by atoms with van der Waals surface area (Å²) in [6, 6.07) is 5.87. The number of esters is 1. The molecule has 1 aromatic rings. The summed E-state index contributed by atoms with van der Waals surface area (Å²) in [4.78, 5) is 37.2. The van der Waals surface area contributed by atoms with E-state index in [1.54, 1.807) is 35.6 Å². The van der Waals surface area contributed by atoms with E-state index in [2.05, 4.69) is 5.32 Å². The summed E-state index contributed by atoms with van der Waals surface area (Å²) in [6.45, 7) is 3.72. The lowest BCUT2D eigenvalue weighted by Crippen LogP contribution is -2.55. The molecule has 0 bridgehead atoms. The van der Waals surface area contributed by atoms with Gasteiger partial charge in [0.2, 0.25) is 5.91 Å². The molecule has 0 heterocycles. The zero-order valence-corrected chi connectivity index (χ0v) is 18.4. The van der Waals surface area contributed by atoms with E-state index in [-0.39, 0.29) is 24.9 Å². The number of carbonyl (C=O) groups excluding carboxylic acids is 3. The number of carbonyl (C=O) groups is 3. The summed E-state index contributed by atoms with van der Waals surface area (Å²) in [6.07, 6.45) is -0.717. The van der Waals surface area contributed by atoms with Gasteiger partial charge in [0, 0.05) is 6.42 Å². The molecule has 0 saturated heterocycles. The molecular weight excluding hydrogens is 425 g/mol. The summed E-state index contributed by atoms with van der Waals surface area (Å²) < 4.78 is 44.0. The molecule has 2 amide bonds. The number of halogens is 3. The molecule has 0 unspecified atom stereocenters. The van der Waals surface area contributed by atoms with Crippen LogP contribution in [-0.2, 0) is 25.5 Å². The maximum atomic E-state index is 12.9. The van der Waals surface area contributed by atoms with Gasteiger partial charge in [-0.1, -0.05) is 50.6 Å². The van der Waals surface area contributed by atoms with Gasteiger partial charge in [-0.2, -0.15) is 13.2 Å². The Balaban J connectivity index is 2.13. The number of amides is 2. The Labute approximate surface area is 186 Å². The normalized spacial score (nSPS) is 16.8. The summed E-state index contributed by atoms with van der Waals surface area (Å²) in [5, 5.41) is 4.28. The Morgan fingerprint density at radius 2 is 1.62 bits per heavy atom. The molecule has 9 heteroatoms. The number of ether oxygens (including phenoxy) is 1. The summed E-state index contributed by atoms with van der Waals surface area (Å²) >= 11 is 0. The molecule has 32 heavy (non-hydrogen) atoms.